The van der Waals surface area contributed by atoms with Crippen LogP contribution >= 0.6 is 11.8 Å². The molecule has 2 unspecified atom stereocenters. The summed E-state index contributed by atoms with van der Waals surface area (Å²) in [6.07, 6.45) is 2.66. The highest BCUT2D eigenvalue weighted by Crippen LogP contribution is 2.27. The van der Waals surface area contributed by atoms with Crippen LogP contribution in [0.15, 0.2) is 11.5 Å². The molecule has 0 fully saturated rings. The third-order valence-corrected chi connectivity index (χ3v) is 3.08. The number of hydrogen-bond donors (Lipinski definition) is 1. The summed E-state index contributed by atoms with van der Waals surface area (Å²) in [4.78, 5) is 11.4. The van der Waals surface area contributed by atoms with E-state index in [2.05, 4.69) is 0 Å². The van der Waals surface area contributed by atoms with Gasteiger partial charge in [0.1, 0.15) is 0 Å². The van der Waals surface area contributed by atoms with Crippen LogP contribution < -0.4 is 5.73 Å². The molecule has 1 heterocycles. The molecule has 0 saturated heterocycles. The lowest BCUT2D eigenvalue weighted by Gasteiger charge is -2.27. The van der Waals surface area contributed by atoms with Gasteiger partial charge in [-0.1, -0.05) is 6.08 Å². The molecule has 74 valence electrons. The van der Waals surface area contributed by atoms with Crippen LogP contribution in [-0.4, -0.2) is 24.4 Å². The standard InChI is InChI=1S/C9H15NO2S/c1-9(10)4-6-13-5-3-7(9)8(11)12-2/h4,6-7H,3,5,10H2,1-2H3. The van der Waals surface area contributed by atoms with Gasteiger partial charge >= 0.3 is 5.97 Å². The van der Waals surface area contributed by atoms with E-state index >= 15 is 0 Å². The van der Waals surface area contributed by atoms with Crippen LogP contribution in [0.2, 0.25) is 0 Å². The lowest BCUT2D eigenvalue weighted by atomic mass is 9.85. The maximum Gasteiger partial charge on any atom is 0.310 e. The SMILES string of the molecule is COC(=O)C1CCSC=CC1(C)N. The van der Waals surface area contributed by atoms with Crippen LogP contribution in [-0.2, 0) is 9.53 Å². The summed E-state index contributed by atoms with van der Waals surface area (Å²) >= 11 is 1.68. The van der Waals surface area contributed by atoms with Crippen LogP contribution in [0.25, 0.3) is 0 Å². The Kier molecular flexibility index (Phi) is 3.39. The maximum absolute atomic E-state index is 11.4. The van der Waals surface area contributed by atoms with Gasteiger partial charge in [0, 0.05) is 5.54 Å². The Morgan fingerprint density at radius 1 is 1.77 bits per heavy atom. The van der Waals surface area contributed by atoms with Gasteiger partial charge in [0.15, 0.2) is 0 Å². The highest BCUT2D eigenvalue weighted by atomic mass is 32.2. The van der Waals surface area contributed by atoms with Crippen LogP contribution in [0, 0.1) is 5.92 Å². The molecule has 0 aliphatic carbocycles. The number of ether oxygens (including phenoxy) is 1. The summed E-state index contributed by atoms with van der Waals surface area (Å²) in [5.74, 6) is 0.490. The predicted octanol–water partition coefficient (Wildman–Crippen LogP) is 1.14. The Labute approximate surface area is 82.7 Å². The largest absolute Gasteiger partial charge is 0.469 e. The minimum atomic E-state index is -0.573. The van der Waals surface area contributed by atoms with Crippen molar-refractivity contribution in [2.24, 2.45) is 11.7 Å². The fourth-order valence-corrected chi connectivity index (χ4v) is 2.29. The van der Waals surface area contributed by atoms with E-state index in [4.69, 9.17) is 10.5 Å². The van der Waals surface area contributed by atoms with Crippen LogP contribution in [0.5, 0.6) is 0 Å². The zero-order valence-electron chi connectivity index (χ0n) is 7.95. The minimum Gasteiger partial charge on any atom is -0.469 e. The number of esters is 1. The van der Waals surface area contributed by atoms with Gasteiger partial charge in [-0.15, -0.1) is 11.8 Å². The van der Waals surface area contributed by atoms with Gasteiger partial charge in [-0.25, -0.2) is 0 Å². The van der Waals surface area contributed by atoms with Crippen molar-refractivity contribution in [3.63, 3.8) is 0 Å². The van der Waals surface area contributed by atoms with Crippen LogP contribution in [0.1, 0.15) is 13.3 Å². The second-order valence-corrected chi connectivity index (χ2v) is 4.42. The fourth-order valence-electron chi connectivity index (χ4n) is 1.39. The second kappa shape index (κ2) is 4.15. The van der Waals surface area contributed by atoms with Crippen molar-refractivity contribution in [2.45, 2.75) is 18.9 Å². The molecule has 4 heteroatoms. The van der Waals surface area contributed by atoms with Crippen molar-refractivity contribution < 1.29 is 9.53 Å². The van der Waals surface area contributed by atoms with Crippen molar-refractivity contribution in [2.75, 3.05) is 12.9 Å². The van der Waals surface area contributed by atoms with E-state index in [9.17, 15) is 4.79 Å². The molecule has 0 radical (unpaired) electrons. The topological polar surface area (TPSA) is 52.3 Å². The summed E-state index contributed by atoms with van der Waals surface area (Å²) in [6.45, 7) is 1.86. The molecule has 1 aliphatic heterocycles. The molecular formula is C9H15NO2S. The molecule has 0 aromatic rings. The Bertz CT molecular complexity index is 226. The molecule has 2 N–H and O–H groups in total. The van der Waals surface area contributed by atoms with E-state index in [0.717, 1.165) is 12.2 Å². The van der Waals surface area contributed by atoms with Crippen molar-refractivity contribution in [1.29, 1.82) is 0 Å². The fraction of sp³-hybridized carbons (Fsp3) is 0.667. The van der Waals surface area contributed by atoms with E-state index in [1.807, 2.05) is 18.4 Å². The predicted molar refractivity (Wildman–Crippen MR) is 54.3 cm³/mol. The first-order chi connectivity index (χ1) is 6.08. The Morgan fingerprint density at radius 3 is 3.08 bits per heavy atom. The third kappa shape index (κ3) is 2.48. The highest BCUT2D eigenvalue weighted by Gasteiger charge is 2.35. The number of methoxy groups -OCH3 is 1. The first kappa shape index (κ1) is 10.6. The quantitative estimate of drug-likeness (QED) is 0.646. The van der Waals surface area contributed by atoms with Crippen LogP contribution in [0.4, 0.5) is 0 Å². The molecule has 1 aliphatic rings. The van der Waals surface area contributed by atoms with E-state index in [1.165, 1.54) is 7.11 Å². The molecular weight excluding hydrogens is 186 g/mol. The maximum atomic E-state index is 11.4. The molecule has 0 amide bonds. The molecule has 0 saturated carbocycles. The van der Waals surface area contributed by atoms with Gasteiger partial charge in [-0.05, 0) is 24.5 Å². The Morgan fingerprint density at radius 2 is 2.46 bits per heavy atom. The number of nitrogens with two attached hydrogens (primary N) is 1. The van der Waals surface area contributed by atoms with Crippen LogP contribution in [0.3, 0.4) is 0 Å². The van der Waals surface area contributed by atoms with Gasteiger partial charge in [0.25, 0.3) is 0 Å². The van der Waals surface area contributed by atoms with Gasteiger partial charge in [-0.3, -0.25) is 4.79 Å². The zero-order chi connectivity index (χ0) is 9.90. The first-order valence-electron chi connectivity index (χ1n) is 4.24. The van der Waals surface area contributed by atoms with Crippen molar-refractivity contribution in [3.05, 3.63) is 11.5 Å². The average molecular weight is 201 g/mol. The lowest BCUT2D eigenvalue weighted by Crippen LogP contribution is -2.46. The van der Waals surface area contributed by atoms with Gasteiger partial charge in [0.05, 0.1) is 13.0 Å². The number of carbonyl (C=O) groups is 1. The second-order valence-electron chi connectivity index (χ2n) is 3.40. The summed E-state index contributed by atoms with van der Waals surface area (Å²) in [5, 5.41) is 1.96. The molecule has 13 heavy (non-hydrogen) atoms. The van der Waals surface area contributed by atoms with Gasteiger partial charge < -0.3 is 10.5 Å². The van der Waals surface area contributed by atoms with Crippen molar-refractivity contribution in [1.82, 2.24) is 0 Å². The normalized spacial score (nSPS) is 33.9. The lowest BCUT2D eigenvalue weighted by molar-refractivity contribution is -0.147. The van der Waals surface area contributed by atoms with Gasteiger partial charge in [-0.2, -0.15) is 0 Å². The summed E-state index contributed by atoms with van der Waals surface area (Å²) < 4.78 is 4.72. The molecule has 0 aromatic heterocycles. The molecule has 0 aromatic carbocycles. The van der Waals surface area contributed by atoms with E-state index in [-0.39, 0.29) is 11.9 Å². The smallest absolute Gasteiger partial charge is 0.310 e. The molecule has 2 atom stereocenters. The van der Waals surface area contributed by atoms with Crippen molar-refractivity contribution >= 4 is 17.7 Å². The van der Waals surface area contributed by atoms with Gasteiger partial charge in [0.2, 0.25) is 0 Å². The average Bonchev–Trinajstić information content (AvgIpc) is 2.25. The molecule has 0 bridgehead atoms. The molecule has 3 nitrogen and oxygen atoms in total. The number of rotatable bonds is 1. The monoisotopic (exact) mass is 201 g/mol. The number of carbonyl (C=O) groups excluding carboxylic acids is 1. The van der Waals surface area contributed by atoms with E-state index in [0.29, 0.717) is 0 Å². The number of thioether (sulfide) groups is 1. The van der Waals surface area contributed by atoms with Crippen molar-refractivity contribution in [3.8, 4) is 0 Å². The molecule has 0 spiro atoms. The minimum absolute atomic E-state index is 0.211. The summed E-state index contributed by atoms with van der Waals surface area (Å²) in [5.41, 5.74) is 5.42. The summed E-state index contributed by atoms with van der Waals surface area (Å²) in [7, 11) is 1.40. The molecule has 1 rings (SSSR count). The Balaban J connectivity index is 2.80. The van der Waals surface area contributed by atoms with E-state index < -0.39 is 5.54 Å². The zero-order valence-corrected chi connectivity index (χ0v) is 8.76. The Hall–Kier alpha value is -0.480. The van der Waals surface area contributed by atoms with E-state index in [1.54, 1.807) is 11.8 Å². The first-order valence-corrected chi connectivity index (χ1v) is 5.29. The number of hydrogen-bond acceptors (Lipinski definition) is 4. The summed E-state index contributed by atoms with van der Waals surface area (Å²) in [6, 6.07) is 0. The highest BCUT2D eigenvalue weighted by molar-refractivity contribution is 8.02. The third-order valence-electron chi connectivity index (χ3n) is 2.28.